The van der Waals surface area contributed by atoms with Gasteiger partial charge < -0.3 is 24.4 Å². The summed E-state index contributed by atoms with van der Waals surface area (Å²) >= 11 is 18.6. The van der Waals surface area contributed by atoms with Crippen molar-refractivity contribution in [1.82, 2.24) is 14.8 Å². The van der Waals surface area contributed by atoms with Gasteiger partial charge in [-0.2, -0.15) is 8.78 Å². The lowest BCUT2D eigenvalue weighted by atomic mass is 10.1. The number of amides is 2. The first kappa shape index (κ1) is 29.5. The van der Waals surface area contributed by atoms with Crippen molar-refractivity contribution in [2.75, 3.05) is 38.7 Å². The molecule has 0 radical (unpaired) electrons. The number of H-pyrrole nitrogens is 1. The number of piperazine rings is 1. The third-order valence-electron chi connectivity index (χ3n) is 6.96. The number of carbonyl (C=O) groups excluding carboxylic acids is 2. The van der Waals surface area contributed by atoms with Crippen molar-refractivity contribution in [3.05, 3.63) is 79.2 Å². The number of nitrogens with zero attached hydrogens (tertiary/aromatic N) is 3. The SMILES string of the molecule is COc1cc2c(cc1N1CCN(C)C(=O)C1)CN(C(=O)c1c(Sc3c(Cl)cccc3Cl)cc(C(F)(F)Cl)[nH]c1=O)C2. The molecule has 0 saturated carbocycles. The summed E-state index contributed by atoms with van der Waals surface area (Å²) in [5, 5.41) is -3.45. The van der Waals surface area contributed by atoms with Gasteiger partial charge in [-0.15, -0.1) is 0 Å². The van der Waals surface area contributed by atoms with E-state index in [4.69, 9.17) is 39.5 Å². The third-order valence-corrected chi connectivity index (χ3v) is 9.20. The molecule has 0 spiro atoms. The summed E-state index contributed by atoms with van der Waals surface area (Å²) < 4.78 is 33.7. The number of hydrogen-bond donors (Lipinski definition) is 1. The van der Waals surface area contributed by atoms with Crippen molar-refractivity contribution in [3.8, 4) is 5.75 Å². The van der Waals surface area contributed by atoms with Gasteiger partial charge in [-0.05, 0) is 53.1 Å². The van der Waals surface area contributed by atoms with E-state index in [2.05, 4.69) is 0 Å². The second-order valence-electron chi connectivity index (χ2n) is 9.59. The molecule has 0 aliphatic carbocycles. The van der Waals surface area contributed by atoms with E-state index in [0.717, 1.165) is 34.6 Å². The molecular formula is C27H23Cl3F2N4O4S. The van der Waals surface area contributed by atoms with Crippen molar-refractivity contribution in [1.29, 1.82) is 0 Å². The van der Waals surface area contributed by atoms with Gasteiger partial charge in [0.05, 0.1) is 29.4 Å². The van der Waals surface area contributed by atoms with Crippen molar-refractivity contribution in [2.45, 2.75) is 28.3 Å². The van der Waals surface area contributed by atoms with Gasteiger partial charge in [0.15, 0.2) is 0 Å². The van der Waals surface area contributed by atoms with Gasteiger partial charge in [0.1, 0.15) is 17.0 Å². The number of ether oxygens (including phenoxy) is 1. The molecule has 5 rings (SSSR count). The summed E-state index contributed by atoms with van der Waals surface area (Å²) in [7, 11) is 3.27. The van der Waals surface area contributed by atoms with Crippen molar-refractivity contribution in [2.24, 2.45) is 0 Å². The summed E-state index contributed by atoms with van der Waals surface area (Å²) in [5.74, 6) is -0.149. The Morgan fingerprint density at radius 1 is 1.05 bits per heavy atom. The van der Waals surface area contributed by atoms with Gasteiger partial charge in [0, 0.05) is 43.0 Å². The summed E-state index contributed by atoms with van der Waals surface area (Å²) in [4.78, 5) is 46.5. The summed E-state index contributed by atoms with van der Waals surface area (Å²) in [6, 6.07) is 9.36. The highest BCUT2D eigenvalue weighted by Crippen LogP contribution is 2.42. The molecule has 14 heteroatoms. The summed E-state index contributed by atoms with van der Waals surface area (Å²) in [6.45, 7) is 1.65. The minimum atomic E-state index is -3.89. The number of methoxy groups -OCH3 is 1. The number of alkyl halides is 3. The van der Waals surface area contributed by atoms with Crippen LogP contribution >= 0.6 is 46.6 Å². The number of aromatic amines is 1. The van der Waals surface area contributed by atoms with E-state index in [0.29, 0.717) is 23.7 Å². The number of aromatic nitrogens is 1. The fraction of sp³-hybridized carbons (Fsp3) is 0.296. The lowest BCUT2D eigenvalue weighted by Gasteiger charge is -2.34. The zero-order chi connectivity index (χ0) is 29.6. The number of nitrogens with one attached hydrogen (secondary N) is 1. The van der Waals surface area contributed by atoms with E-state index in [9.17, 15) is 23.2 Å². The Labute approximate surface area is 253 Å². The predicted molar refractivity (Wildman–Crippen MR) is 154 cm³/mol. The molecule has 1 fully saturated rings. The zero-order valence-corrected chi connectivity index (χ0v) is 24.9. The molecule has 41 heavy (non-hydrogen) atoms. The van der Waals surface area contributed by atoms with Crippen LogP contribution in [-0.2, 0) is 23.3 Å². The second-order valence-corrected chi connectivity index (χ2v) is 11.9. The first-order chi connectivity index (χ1) is 19.4. The highest BCUT2D eigenvalue weighted by atomic mass is 35.5. The maximum Gasteiger partial charge on any atom is 0.362 e. The Balaban J connectivity index is 1.50. The standard InChI is InChI=1S/C27H23Cl3F2N4O4S/c1-34-6-7-35(13-22(34)37)18-8-14-11-36(12-15(14)9-19(18)40-2)26(39)23-20(10-21(27(30,31)32)33-25(23)38)41-24-16(28)4-3-5-17(24)29/h3-5,8-10H,6-7,11-13H2,1-2H3,(H,33,38). The van der Waals surface area contributed by atoms with Gasteiger partial charge in [-0.1, -0.05) is 41.0 Å². The van der Waals surface area contributed by atoms with Crippen LogP contribution in [0, 0.1) is 0 Å². The fourth-order valence-corrected chi connectivity index (χ4v) is 6.49. The van der Waals surface area contributed by atoms with Crippen LogP contribution < -0.4 is 15.2 Å². The van der Waals surface area contributed by atoms with Crippen LogP contribution in [0.1, 0.15) is 27.2 Å². The molecule has 2 aromatic carbocycles. The average molecular weight is 644 g/mol. The van der Waals surface area contributed by atoms with Crippen LogP contribution in [-0.4, -0.2) is 60.4 Å². The summed E-state index contributed by atoms with van der Waals surface area (Å²) in [5.41, 5.74) is 0.0849. The highest BCUT2D eigenvalue weighted by Gasteiger charge is 2.35. The Kier molecular flexibility index (Phi) is 8.17. The number of anilines is 1. The van der Waals surface area contributed by atoms with Crippen LogP contribution in [0.15, 0.2) is 51.0 Å². The monoisotopic (exact) mass is 642 g/mol. The Hall–Kier alpha value is -2.99. The number of hydrogen-bond acceptors (Lipinski definition) is 6. The van der Waals surface area contributed by atoms with Gasteiger partial charge in [-0.3, -0.25) is 14.4 Å². The van der Waals surface area contributed by atoms with E-state index < -0.39 is 22.5 Å². The smallest absolute Gasteiger partial charge is 0.362 e. The lowest BCUT2D eigenvalue weighted by molar-refractivity contribution is -0.129. The molecule has 2 amide bonds. The Bertz CT molecular complexity index is 1590. The van der Waals surface area contributed by atoms with E-state index in [1.165, 1.54) is 12.0 Å². The van der Waals surface area contributed by atoms with Gasteiger partial charge in [0.25, 0.3) is 11.5 Å². The topological polar surface area (TPSA) is 85.9 Å². The molecule has 2 aliphatic rings. The van der Waals surface area contributed by atoms with E-state index in [-0.39, 0.29) is 46.0 Å². The second kappa shape index (κ2) is 11.4. The van der Waals surface area contributed by atoms with Crippen LogP contribution in [0.25, 0.3) is 0 Å². The third kappa shape index (κ3) is 5.86. The molecule has 3 heterocycles. The molecule has 216 valence electrons. The van der Waals surface area contributed by atoms with E-state index in [1.807, 2.05) is 16.0 Å². The molecule has 0 atom stereocenters. The minimum absolute atomic E-state index is 0.0237. The number of likely N-dealkylation sites (N-methyl/N-ethyl adjacent to an activating group) is 1. The number of pyridine rings is 1. The van der Waals surface area contributed by atoms with Crippen molar-refractivity contribution >= 4 is 64.1 Å². The van der Waals surface area contributed by atoms with E-state index in [1.54, 1.807) is 36.2 Å². The number of carbonyl (C=O) groups is 2. The fourth-order valence-electron chi connectivity index (χ4n) is 4.75. The first-order valence-electron chi connectivity index (χ1n) is 12.3. The Morgan fingerprint density at radius 2 is 1.71 bits per heavy atom. The number of halogens is 5. The van der Waals surface area contributed by atoms with Crippen molar-refractivity contribution in [3.63, 3.8) is 0 Å². The lowest BCUT2D eigenvalue weighted by Crippen LogP contribution is -2.48. The molecule has 1 aromatic heterocycles. The maximum absolute atomic E-state index is 14.0. The van der Waals surface area contributed by atoms with Crippen LogP contribution in [0.5, 0.6) is 5.75 Å². The largest absolute Gasteiger partial charge is 0.495 e. The van der Waals surface area contributed by atoms with Gasteiger partial charge in [0.2, 0.25) is 5.91 Å². The molecule has 2 aliphatic heterocycles. The van der Waals surface area contributed by atoms with E-state index >= 15 is 0 Å². The molecule has 0 unspecified atom stereocenters. The highest BCUT2D eigenvalue weighted by molar-refractivity contribution is 7.99. The average Bonchev–Trinajstić information content (AvgIpc) is 3.33. The summed E-state index contributed by atoms with van der Waals surface area (Å²) in [6.07, 6.45) is 0. The molecule has 8 nitrogen and oxygen atoms in total. The maximum atomic E-state index is 14.0. The number of benzene rings is 2. The van der Waals surface area contributed by atoms with Gasteiger partial charge in [-0.25, -0.2) is 0 Å². The molecule has 0 bridgehead atoms. The van der Waals surface area contributed by atoms with Crippen LogP contribution in [0.3, 0.4) is 0 Å². The van der Waals surface area contributed by atoms with Crippen LogP contribution in [0.4, 0.5) is 14.5 Å². The predicted octanol–water partition coefficient (Wildman–Crippen LogP) is 5.56. The molecular weight excluding hydrogens is 621 g/mol. The zero-order valence-electron chi connectivity index (χ0n) is 21.8. The quantitative estimate of drug-likeness (QED) is 0.354. The van der Waals surface area contributed by atoms with Gasteiger partial charge >= 0.3 is 5.38 Å². The van der Waals surface area contributed by atoms with Crippen molar-refractivity contribution < 1.29 is 23.1 Å². The molecule has 3 aromatic rings. The minimum Gasteiger partial charge on any atom is -0.495 e. The molecule has 1 N–H and O–H groups in total. The van der Waals surface area contributed by atoms with Crippen LogP contribution in [0.2, 0.25) is 10.0 Å². The number of fused-ring (bicyclic) bond motifs is 1. The number of rotatable bonds is 6. The Morgan fingerprint density at radius 3 is 2.32 bits per heavy atom. The first-order valence-corrected chi connectivity index (χ1v) is 14.3. The molecule has 1 saturated heterocycles. The normalized spacial score (nSPS) is 15.4.